The van der Waals surface area contributed by atoms with Gasteiger partial charge in [0.1, 0.15) is 5.01 Å². The smallest absolute Gasteiger partial charge is 0.290 e. The second-order valence-corrected chi connectivity index (χ2v) is 6.64. The van der Waals surface area contributed by atoms with Crippen molar-refractivity contribution in [2.24, 2.45) is 0 Å². The van der Waals surface area contributed by atoms with Gasteiger partial charge in [-0.3, -0.25) is 14.9 Å². The zero-order chi connectivity index (χ0) is 19.6. The van der Waals surface area contributed by atoms with E-state index in [1.165, 1.54) is 11.3 Å². The fourth-order valence-corrected chi connectivity index (χ4v) is 2.89. The topological polar surface area (TPSA) is 113 Å². The number of amides is 1. The van der Waals surface area contributed by atoms with Gasteiger partial charge in [0.15, 0.2) is 0 Å². The Labute approximate surface area is 160 Å². The van der Waals surface area contributed by atoms with Crippen LogP contribution in [-0.4, -0.2) is 63.0 Å². The van der Waals surface area contributed by atoms with E-state index < -0.39 is 0 Å². The molecule has 0 atom stereocenters. The SMILES string of the molecule is CN(C)CCc1nnc(NC(=O)c2ccccc2-n2cccn2)s1.O=CO. The number of benzene rings is 1. The van der Waals surface area contributed by atoms with Crippen LogP contribution >= 0.6 is 11.3 Å². The number of likely N-dealkylation sites (N-methyl/N-ethyl adjacent to an activating group) is 1. The quantitative estimate of drug-likeness (QED) is 0.619. The van der Waals surface area contributed by atoms with Gasteiger partial charge in [-0.15, -0.1) is 10.2 Å². The van der Waals surface area contributed by atoms with Crippen LogP contribution in [0.5, 0.6) is 0 Å². The first-order chi connectivity index (χ1) is 13.0. The van der Waals surface area contributed by atoms with Crippen LogP contribution in [0.2, 0.25) is 0 Å². The first-order valence-corrected chi connectivity index (χ1v) is 8.82. The molecule has 0 aliphatic heterocycles. The average molecular weight is 388 g/mol. The molecule has 0 spiro atoms. The maximum atomic E-state index is 12.6. The summed E-state index contributed by atoms with van der Waals surface area (Å²) in [6, 6.07) is 9.13. The molecule has 0 saturated heterocycles. The molecule has 0 aliphatic rings. The Morgan fingerprint density at radius 1 is 1.30 bits per heavy atom. The van der Waals surface area contributed by atoms with Crippen molar-refractivity contribution in [3.8, 4) is 5.69 Å². The zero-order valence-corrected chi connectivity index (χ0v) is 15.8. The molecule has 27 heavy (non-hydrogen) atoms. The number of anilines is 1. The van der Waals surface area contributed by atoms with Crippen LogP contribution in [0, 0.1) is 0 Å². The third-order valence-electron chi connectivity index (χ3n) is 3.36. The van der Waals surface area contributed by atoms with Crippen LogP contribution in [0.1, 0.15) is 15.4 Å². The van der Waals surface area contributed by atoms with E-state index in [0.717, 1.165) is 23.7 Å². The molecule has 3 aromatic rings. The van der Waals surface area contributed by atoms with Gasteiger partial charge in [-0.05, 0) is 32.3 Å². The summed E-state index contributed by atoms with van der Waals surface area (Å²) in [4.78, 5) is 23.0. The maximum absolute atomic E-state index is 12.6. The lowest BCUT2D eigenvalue weighted by Gasteiger charge is -2.08. The molecule has 1 aromatic carbocycles. The van der Waals surface area contributed by atoms with Crippen molar-refractivity contribution in [3.05, 3.63) is 53.3 Å². The molecule has 2 N–H and O–H groups in total. The average Bonchev–Trinajstić information content (AvgIpc) is 3.33. The van der Waals surface area contributed by atoms with Crippen molar-refractivity contribution in [1.82, 2.24) is 24.9 Å². The molecule has 0 fully saturated rings. The minimum Gasteiger partial charge on any atom is -0.483 e. The van der Waals surface area contributed by atoms with Gasteiger partial charge in [-0.1, -0.05) is 23.5 Å². The monoisotopic (exact) mass is 388 g/mol. The van der Waals surface area contributed by atoms with Crippen molar-refractivity contribution in [2.75, 3.05) is 26.0 Å². The maximum Gasteiger partial charge on any atom is 0.290 e. The number of hydrogen-bond donors (Lipinski definition) is 2. The van der Waals surface area contributed by atoms with Gasteiger partial charge in [0.2, 0.25) is 5.13 Å². The van der Waals surface area contributed by atoms with Gasteiger partial charge in [0.05, 0.1) is 11.3 Å². The van der Waals surface area contributed by atoms with Crippen LogP contribution < -0.4 is 5.32 Å². The molecule has 3 rings (SSSR count). The molecule has 0 saturated carbocycles. The number of rotatable bonds is 6. The van der Waals surface area contributed by atoms with Crippen molar-refractivity contribution >= 4 is 28.8 Å². The second kappa shape index (κ2) is 10.1. The fraction of sp³-hybridized carbons (Fsp3) is 0.235. The Bertz CT molecular complexity index is 863. The van der Waals surface area contributed by atoms with Crippen molar-refractivity contribution in [1.29, 1.82) is 0 Å². The molecule has 9 nitrogen and oxygen atoms in total. The molecular formula is C17H20N6O3S. The molecule has 0 aliphatic carbocycles. The second-order valence-electron chi connectivity index (χ2n) is 5.58. The highest BCUT2D eigenvalue weighted by atomic mass is 32.1. The van der Waals surface area contributed by atoms with Crippen LogP contribution in [0.3, 0.4) is 0 Å². The van der Waals surface area contributed by atoms with E-state index >= 15 is 0 Å². The van der Waals surface area contributed by atoms with Crippen molar-refractivity contribution in [3.63, 3.8) is 0 Å². The number of nitrogens with zero attached hydrogens (tertiary/aromatic N) is 5. The summed E-state index contributed by atoms with van der Waals surface area (Å²) in [6.45, 7) is 0.644. The van der Waals surface area contributed by atoms with Crippen LogP contribution in [0.4, 0.5) is 5.13 Å². The van der Waals surface area contributed by atoms with Gasteiger partial charge in [0, 0.05) is 25.4 Å². The number of para-hydroxylation sites is 1. The van der Waals surface area contributed by atoms with E-state index in [4.69, 9.17) is 9.90 Å². The standard InChI is InChI=1S/C16H18N6OS.CH2O2/c1-21(2)11-8-14-19-20-16(24-14)18-15(23)12-6-3-4-7-13(12)22-10-5-9-17-22;2-1-3/h3-7,9-10H,8,11H2,1-2H3,(H,18,20,23);1H,(H,2,3). The summed E-state index contributed by atoms with van der Waals surface area (Å²) in [5.74, 6) is -0.226. The van der Waals surface area contributed by atoms with E-state index in [2.05, 4.69) is 25.5 Å². The van der Waals surface area contributed by atoms with Crippen LogP contribution in [-0.2, 0) is 11.2 Å². The Hall–Kier alpha value is -3.11. The summed E-state index contributed by atoms with van der Waals surface area (Å²) < 4.78 is 1.66. The normalized spacial score (nSPS) is 10.2. The van der Waals surface area contributed by atoms with Crippen molar-refractivity contribution in [2.45, 2.75) is 6.42 Å². The summed E-state index contributed by atoms with van der Waals surface area (Å²) in [5, 5.41) is 23.5. The van der Waals surface area contributed by atoms with Crippen LogP contribution in [0.25, 0.3) is 5.69 Å². The molecule has 0 unspecified atom stereocenters. The lowest BCUT2D eigenvalue weighted by molar-refractivity contribution is -0.122. The molecule has 2 heterocycles. The van der Waals surface area contributed by atoms with E-state index in [1.807, 2.05) is 38.4 Å². The first-order valence-electron chi connectivity index (χ1n) is 8.00. The molecule has 10 heteroatoms. The molecule has 142 valence electrons. The minimum absolute atomic E-state index is 0.226. The Balaban J connectivity index is 0.000000817. The predicted octanol–water partition coefficient (Wildman–Crippen LogP) is 1.78. The fourth-order valence-electron chi connectivity index (χ4n) is 2.17. The molecule has 1 amide bonds. The number of carbonyl (C=O) groups is 2. The third kappa shape index (κ3) is 5.97. The predicted molar refractivity (Wildman–Crippen MR) is 102 cm³/mol. The van der Waals surface area contributed by atoms with Gasteiger partial charge in [-0.25, -0.2) is 4.68 Å². The van der Waals surface area contributed by atoms with E-state index in [1.54, 1.807) is 23.1 Å². The summed E-state index contributed by atoms with van der Waals surface area (Å²) >= 11 is 1.40. The van der Waals surface area contributed by atoms with E-state index in [-0.39, 0.29) is 12.4 Å². The molecule has 0 bridgehead atoms. The Morgan fingerprint density at radius 3 is 2.70 bits per heavy atom. The summed E-state index contributed by atoms with van der Waals surface area (Å²) in [5.41, 5.74) is 1.25. The zero-order valence-electron chi connectivity index (χ0n) is 14.9. The number of nitrogens with one attached hydrogen (secondary N) is 1. The number of aromatic nitrogens is 4. The summed E-state index contributed by atoms with van der Waals surface area (Å²) in [7, 11) is 4.02. The number of carbonyl (C=O) groups excluding carboxylic acids is 1. The molecule has 2 aromatic heterocycles. The largest absolute Gasteiger partial charge is 0.483 e. The number of hydrogen-bond acceptors (Lipinski definition) is 7. The van der Waals surface area contributed by atoms with Crippen LogP contribution in [0.15, 0.2) is 42.7 Å². The highest BCUT2D eigenvalue weighted by Crippen LogP contribution is 2.19. The van der Waals surface area contributed by atoms with Gasteiger partial charge >= 0.3 is 0 Å². The highest BCUT2D eigenvalue weighted by Gasteiger charge is 2.15. The lowest BCUT2D eigenvalue weighted by atomic mass is 10.1. The van der Waals surface area contributed by atoms with Gasteiger partial charge < -0.3 is 10.0 Å². The highest BCUT2D eigenvalue weighted by molar-refractivity contribution is 7.15. The van der Waals surface area contributed by atoms with Crippen molar-refractivity contribution < 1.29 is 14.7 Å². The first kappa shape index (κ1) is 20.2. The third-order valence-corrected chi connectivity index (χ3v) is 4.26. The molecule has 0 radical (unpaired) electrons. The Morgan fingerprint density at radius 2 is 2.04 bits per heavy atom. The number of carboxylic acid groups (broad SMARTS) is 1. The lowest BCUT2D eigenvalue weighted by Crippen LogP contribution is -2.15. The van der Waals surface area contributed by atoms with E-state index in [0.29, 0.717) is 10.7 Å². The van der Waals surface area contributed by atoms with E-state index in [9.17, 15) is 4.79 Å². The minimum atomic E-state index is -0.250. The Kier molecular flexibility index (Phi) is 7.59. The van der Waals surface area contributed by atoms with Gasteiger partial charge in [0.25, 0.3) is 12.4 Å². The van der Waals surface area contributed by atoms with Gasteiger partial charge in [-0.2, -0.15) is 5.10 Å². The molecular weight excluding hydrogens is 368 g/mol. The summed E-state index contributed by atoms with van der Waals surface area (Å²) in [6.07, 6.45) is 4.29.